The van der Waals surface area contributed by atoms with Crippen LogP contribution in [0, 0.1) is 6.92 Å². The lowest BCUT2D eigenvalue weighted by Gasteiger charge is -2.08. The monoisotopic (exact) mass is 364 g/mol. The Morgan fingerprint density at radius 1 is 1.27 bits per heavy atom. The Kier molecular flexibility index (Phi) is 5.81. The average molecular weight is 364 g/mol. The number of thiophene rings is 1. The summed E-state index contributed by atoms with van der Waals surface area (Å²) in [5, 5.41) is 4.76. The quantitative estimate of drug-likeness (QED) is 0.644. The van der Waals surface area contributed by atoms with Crippen molar-refractivity contribution in [3.63, 3.8) is 0 Å². The van der Waals surface area contributed by atoms with E-state index >= 15 is 0 Å². The fourth-order valence-corrected chi connectivity index (χ4v) is 3.24. The number of hydrogen-bond donors (Lipinski definition) is 1. The Hall–Kier alpha value is -2.92. The minimum atomic E-state index is -0.159. The van der Waals surface area contributed by atoms with E-state index < -0.39 is 0 Å². The molecule has 0 saturated heterocycles. The summed E-state index contributed by atoms with van der Waals surface area (Å²) in [6.45, 7) is 4.36. The first kappa shape index (κ1) is 17.9. The maximum atomic E-state index is 12.4. The van der Waals surface area contributed by atoms with Crippen LogP contribution < -0.4 is 10.1 Å². The molecule has 3 rings (SSSR count). The molecule has 0 unspecified atom stereocenters. The summed E-state index contributed by atoms with van der Waals surface area (Å²) < 4.78 is 5.91. The first-order valence-corrected chi connectivity index (χ1v) is 9.19. The lowest BCUT2D eigenvalue weighted by molar-refractivity contribution is 0.103. The van der Waals surface area contributed by atoms with Crippen LogP contribution in [-0.4, -0.2) is 10.9 Å². The van der Waals surface area contributed by atoms with Crippen LogP contribution in [0.3, 0.4) is 0 Å². The number of para-hydroxylation sites is 1. The van der Waals surface area contributed by atoms with Gasteiger partial charge in [-0.2, -0.15) is 0 Å². The lowest BCUT2D eigenvalue weighted by atomic mass is 10.2. The third kappa shape index (κ3) is 4.58. The molecule has 0 saturated carbocycles. The van der Waals surface area contributed by atoms with Crippen LogP contribution in [0.15, 0.2) is 60.1 Å². The van der Waals surface area contributed by atoms with Gasteiger partial charge in [0.2, 0.25) is 0 Å². The molecule has 0 bridgehead atoms. The molecule has 132 valence electrons. The molecule has 4 nitrogen and oxygen atoms in total. The average Bonchev–Trinajstić information content (AvgIpc) is 3.10. The van der Waals surface area contributed by atoms with Gasteiger partial charge in [-0.3, -0.25) is 4.79 Å². The van der Waals surface area contributed by atoms with Gasteiger partial charge in [-0.05, 0) is 49.1 Å². The van der Waals surface area contributed by atoms with Gasteiger partial charge in [0.25, 0.3) is 5.91 Å². The Morgan fingerprint density at radius 2 is 2.12 bits per heavy atom. The molecule has 0 aliphatic heterocycles. The number of nitrogens with one attached hydrogen (secondary N) is 1. The zero-order valence-corrected chi connectivity index (χ0v) is 15.5. The van der Waals surface area contributed by atoms with E-state index in [0.717, 1.165) is 22.4 Å². The Labute approximate surface area is 157 Å². The van der Waals surface area contributed by atoms with Gasteiger partial charge in [-0.15, -0.1) is 11.3 Å². The van der Waals surface area contributed by atoms with Gasteiger partial charge >= 0.3 is 0 Å². The predicted molar refractivity (Wildman–Crippen MR) is 107 cm³/mol. The molecular formula is C21H20N2O2S. The number of pyridine rings is 1. The third-order valence-electron chi connectivity index (χ3n) is 3.69. The van der Waals surface area contributed by atoms with E-state index in [-0.39, 0.29) is 5.91 Å². The molecule has 1 aromatic carbocycles. The molecular weight excluding hydrogens is 344 g/mol. The normalized spacial score (nSPS) is 10.8. The van der Waals surface area contributed by atoms with Crippen molar-refractivity contribution in [2.24, 2.45) is 0 Å². The summed E-state index contributed by atoms with van der Waals surface area (Å²) >= 11 is 1.40. The van der Waals surface area contributed by atoms with E-state index in [1.165, 1.54) is 11.3 Å². The van der Waals surface area contributed by atoms with Crippen molar-refractivity contribution >= 4 is 29.1 Å². The van der Waals surface area contributed by atoms with E-state index in [9.17, 15) is 4.79 Å². The van der Waals surface area contributed by atoms with E-state index in [0.29, 0.717) is 17.3 Å². The van der Waals surface area contributed by atoms with Crippen molar-refractivity contribution in [3.8, 4) is 5.75 Å². The summed E-state index contributed by atoms with van der Waals surface area (Å²) in [6, 6.07) is 13.5. The topological polar surface area (TPSA) is 51.2 Å². The van der Waals surface area contributed by atoms with Gasteiger partial charge < -0.3 is 10.1 Å². The predicted octanol–water partition coefficient (Wildman–Crippen LogP) is 5.32. The van der Waals surface area contributed by atoms with Crippen LogP contribution in [0.5, 0.6) is 5.75 Å². The van der Waals surface area contributed by atoms with Crippen LogP contribution in [0.25, 0.3) is 6.08 Å². The highest BCUT2D eigenvalue weighted by molar-refractivity contribution is 7.12. The van der Waals surface area contributed by atoms with Gasteiger partial charge in [0, 0.05) is 17.3 Å². The summed E-state index contributed by atoms with van der Waals surface area (Å²) in [5.74, 6) is 1.22. The standard InChI is InChI=1S/C21H20N2O2S/c1-3-6-17-7-4-5-8-18(17)25-13-16-12-19(26-14-16)21(24)23-20-11-15(2)9-10-22-20/h3-12,14H,13H2,1-2H3,(H,22,23,24)/b6-3+. The number of aryl methyl sites for hydroxylation is 1. The molecule has 0 atom stereocenters. The molecule has 5 heteroatoms. The summed E-state index contributed by atoms with van der Waals surface area (Å²) in [7, 11) is 0. The molecule has 2 heterocycles. The summed E-state index contributed by atoms with van der Waals surface area (Å²) in [5.41, 5.74) is 3.05. The highest BCUT2D eigenvalue weighted by Crippen LogP contribution is 2.23. The molecule has 0 spiro atoms. The highest BCUT2D eigenvalue weighted by Gasteiger charge is 2.11. The molecule has 0 aliphatic carbocycles. The second-order valence-corrected chi connectivity index (χ2v) is 6.73. The number of carbonyl (C=O) groups excluding carboxylic acids is 1. The zero-order chi connectivity index (χ0) is 18.4. The van der Waals surface area contributed by atoms with Crippen molar-refractivity contribution in [3.05, 3.63) is 81.7 Å². The molecule has 2 aromatic heterocycles. The molecule has 26 heavy (non-hydrogen) atoms. The Bertz CT molecular complexity index is 931. The molecule has 1 amide bonds. The maximum absolute atomic E-state index is 12.4. The molecule has 0 radical (unpaired) electrons. The molecule has 3 aromatic rings. The van der Waals surface area contributed by atoms with Crippen LogP contribution in [-0.2, 0) is 6.61 Å². The van der Waals surface area contributed by atoms with Crippen molar-refractivity contribution in [1.29, 1.82) is 0 Å². The van der Waals surface area contributed by atoms with Gasteiger partial charge in [-0.25, -0.2) is 4.98 Å². The second-order valence-electron chi connectivity index (χ2n) is 5.82. The minimum absolute atomic E-state index is 0.159. The van der Waals surface area contributed by atoms with Crippen molar-refractivity contribution in [2.75, 3.05) is 5.32 Å². The number of ether oxygens (including phenoxy) is 1. The summed E-state index contributed by atoms with van der Waals surface area (Å²) in [6.07, 6.45) is 5.67. The molecule has 1 N–H and O–H groups in total. The number of aromatic nitrogens is 1. The number of hydrogen-bond acceptors (Lipinski definition) is 4. The largest absolute Gasteiger partial charge is 0.488 e. The van der Waals surface area contributed by atoms with Gasteiger partial charge in [0.05, 0.1) is 4.88 Å². The van der Waals surface area contributed by atoms with Crippen LogP contribution in [0.1, 0.15) is 33.3 Å². The maximum Gasteiger partial charge on any atom is 0.266 e. The van der Waals surface area contributed by atoms with Gasteiger partial charge in [0.1, 0.15) is 18.2 Å². The first-order chi connectivity index (χ1) is 12.7. The fraction of sp³-hybridized carbons (Fsp3) is 0.143. The lowest BCUT2D eigenvalue weighted by Crippen LogP contribution is -2.11. The van der Waals surface area contributed by atoms with E-state index in [4.69, 9.17) is 4.74 Å². The van der Waals surface area contributed by atoms with E-state index in [1.54, 1.807) is 6.20 Å². The van der Waals surface area contributed by atoms with Crippen LogP contribution in [0.2, 0.25) is 0 Å². The van der Waals surface area contributed by atoms with Crippen molar-refractivity contribution in [1.82, 2.24) is 4.98 Å². The molecule has 0 fully saturated rings. The third-order valence-corrected chi connectivity index (χ3v) is 4.67. The minimum Gasteiger partial charge on any atom is -0.488 e. The second kappa shape index (κ2) is 8.45. The SMILES string of the molecule is C/C=C/c1ccccc1OCc1csc(C(=O)Nc2cc(C)ccn2)c1. The zero-order valence-electron chi connectivity index (χ0n) is 14.7. The van der Waals surface area contributed by atoms with E-state index in [2.05, 4.69) is 10.3 Å². The Balaban J connectivity index is 1.64. The number of allylic oxidation sites excluding steroid dienone is 1. The first-order valence-electron chi connectivity index (χ1n) is 8.31. The van der Waals surface area contributed by atoms with Gasteiger partial charge in [0.15, 0.2) is 0 Å². The smallest absolute Gasteiger partial charge is 0.266 e. The fourth-order valence-electron chi connectivity index (χ4n) is 2.44. The number of anilines is 1. The number of benzene rings is 1. The van der Waals surface area contributed by atoms with E-state index in [1.807, 2.05) is 73.8 Å². The number of amides is 1. The van der Waals surface area contributed by atoms with Crippen LogP contribution in [0.4, 0.5) is 5.82 Å². The molecule has 0 aliphatic rings. The summed E-state index contributed by atoms with van der Waals surface area (Å²) in [4.78, 5) is 17.2. The van der Waals surface area contributed by atoms with Crippen LogP contribution >= 0.6 is 11.3 Å². The van der Waals surface area contributed by atoms with Crippen molar-refractivity contribution in [2.45, 2.75) is 20.5 Å². The number of carbonyl (C=O) groups is 1. The van der Waals surface area contributed by atoms with Crippen molar-refractivity contribution < 1.29 is 9.53 Å². The number of rotatable bonds is 6. The Morgan fingerprint density at radius 3 is 2.92 bits per heavy atom. The highest BCUT2D eigenvalue weighted by atomic mass is 32.1. The van der Waals surface area contributed by atoms with Gasteiger partial charge in [-0.1, -0.05) is 30.4 Å². The number of nitrogens with zero attached hydrogens (tertiary/aromatic N) is 1.